The van der Waals surface area contributed by atoms with Crippen molar-refractivity contribution in [2.75, 3.05) is 11.5 Å². The first-order valence-electron chi connectivity index (χ1n) is 9.36. The molecular weight excluding hydrogens is 390 g/mol. The zero-order valence-corrected chi connectivity index (χ0v) is 17.8. The highest BCUT2D eigenvalue weighted by molar-refractivity contribution is 7.09. The smallest absolute Gasteiger partial charge is 0.303 e. The summed E-state index contributed by atoms with van der Waals surface area (Å²) >= 11 is 3.43. The summed E-state index contributed by atoms with van der Waals surface area (Å²) in [4.78, 5) is 12.8. The van der Waals surface area contributed by atoms with Gasteiger partial charge in [0.25, 0.3) is 0 Å². The first-order chi connectivity index (χ1) is 13.6. The van der Waals surface area contributed by atoms with Crippen LogP contribution in [-0.2, 0) is 4.79 Å². The van der Waals surface area contributed by atoms with Gasteiger partial charge in [0.1, 0.15) is 5.75 Å². The number of aliphatic carboxylic acids is 1. The van der Waals surface area contributed by atoms with Crippen molar-refractivity contribution < 1.29 is 14.6 Å². The highest BCUT2D eigenvalue weighted by Crippen LogP contribution is 2.41. The molecule has 0 atom stereocenters. The van der Waals surface area contributed by atoms with E-state index in [0.29, 0.717) is 13.0 Å². The van der Waals surface area contributed by atoms with Crippen LogP contribution in [0.25, 0.3) is 0 Å². The maximum Gasteiger partial charge on any atom is 0.303 e. The monoisotopic (exact) mass is 415 g/mol. The molecular formula is C22H25NO3S2. The molecule has 0 aliphatic heterocycles. The van der Waals surface area contributed by atoms with Crippen LogP contribution >= 0.6 is 22.7 Å². The molecule has 3 aromatic rings. The van der Waals surface area contributed by atoms with Crippen LogP contribution in [0.1, 0.15) is 36.8 Å². The minimum atomic E-state index is -0.734. The lowest BCUT2D eigenvalue weighted by Crippen LogP contribution is -2.10. The van der Waals surface area contributed by atoms with Gasteiger partial charge in [-0.15, -0.1) is 22.7 Å². The molecule has 0 saturated heterocycles. The second-order valence-corrected chi connectivity index (χ2v) is 8.25. The molecule has 2 aromatic heterocycles. The summed E-state index contributed by atoms with van der Waals surface area (Å²) in [6.07, 6.45) is 2.66. The molecule has 1 N–H and O–H groups in total. The molecule has 0 unspecified atom stereocenters. The van der Waals surface area contributed by atoms with Crippen molar-refractivity contribution in [2.24, 2.45) is 0 Å². The summed E-state index contributed by atoms with van der Waals surface area (Å²) in [5, 5.41) is 17.4. The summed E-state index contributed by atoms with van der Waals surface area (Å²) in [6, 6.07) is 8.19. The van der Waals surface area contributed by atoms with Crippen LogP contribution in [0.4, 0.5) is 17.1 Å². The average molecular weight is 416 g/mol. The Morgan fingerprint density at radius 2 is 1.54 bits per heavy atom. The fourth-order valence-corrected chi connectivity index (χ4v) is 4.64. The number of nitrogens with zero attached hydrogens (tertiary/aromatic N) is 1. The molecule has 0 saturated carbocycles. The lowest BCUT2D eigenvalue weighted by molar-refractivity contribution is -0.137. The van der Waals surface area contributed by atoms with Crippen molar-refractivity contribution in [1.82, 2.24) is 0 Å². The van der Waals surface area contributed by atoms with Gasteiger partial charge in [-0.05, 0) is 79.3 Å². The summed E-state index contributed by atoms with van der Waals surface area (Å²) < 4.78 is 5.81. The highest BCUT2D eigenvalue weighted by Gasteiger charge is 2.17. The predicted octanol–water partition coefficient (Wildman–Crippen LogP) is 6.92. The van der Waals surface area contributed by atoms with Crippen molar-refractivity contribution in [2.45, 2.75) is 39.5 Å². The van der Waals surface area contributed by atoms with E-state index in [1.807, 2.05) is 12.1 Å². The van der Waals surface area contributed by atoms with Crippen LogP contribution in [0.3, 0.4) is 0 Å². The van der Waals surface area contributed by atoms with Crippen molar-refractivity contribution >= 4 is 45.7 Å². The summed E-state index contributed by atoms with van der Waals surface area (Å²) in [5.74, 6) is 0.105. The van der Waals surface area contributed by atoms with Gasteiger partial charge < -0.3 is 14.7 Å². The number of unbranched alkanes of at least 4 members (excludes halogenated alkanes) is 2. The molecule has 0 bridgehead atoms. The van der Waals surface area contributed by atoms with Gasteiger partial charge in [-0.25, -0.2) is 0 Å². The number of thiophene rings is 2. The topological polar surface area (TPSA) is 49.8 Å². The van der Waals surface area contributed by atoms with Gasteiger partial charge in [-0.2, -0.15) is 0 Å². The Balaban J connectivity index is 1.67. The lowest BCUT2D eigenvalue weighted by atomic mass is 10.2. The number of hydrogen-bond donors (Lipinski definition) is 1. The number of rotatable bonds is 10. The van der Waals surface area contributed by atoms with E-state index in [-0.39, 0.29) is 6.42 Å². The molecule has 0 spiro atoms. The highest BCUT2D eigenvalue weighted by atomic mass is 32.1. The van der Waals surface area contributed by atoms with Crippen molar-refractivity contribution in [1.29, 1.82) is 0 Å². The van der Waals surface area contributed by atoms with E-state index in [1.54, 1.807) is 22.7 Å². The standard InChI is InChI=1S/C22H25NO3S2/c1-16-12-27-14-20(16)23(21-15-28-13-17(21)2)18-7-9-19(10-8-18)26-11-5-3-4-6-22(24)25/h7-10,12-15H,3-6,11H2,1-2H3,(H,24,25). The normalized spacial score (nSPS) is 10.8. The van der Waals surface area contributed by atoms with Gasteiger partial charge in [-0.3, -0.25) is 4.79 Å². The average Bonchev–Trinajstić information content (AvgIpc) is 3.28. The van der Waals surface area contributed by atoms with Gasteiger partial charge in [0.15, 0.2) is 0 Å². The van der Waals surface area contributed by atoms with Crippen LogP contribution in [-0.4, -0.2) is 17.7 Å². The second-order valence-electron chi connectivity index (χ2n) is 6.76. The maximum absolute atomic E-state index is 10.5. The molecule has 0 amide bonds. The first kappa shape index (κ1) is 20.4. The molecule has 0 radical (unpaired) electrons. The van der Waals surface area contributed by atoms with Crippen LogP contribution in [0.2, 0.25) is 0 Å². The van der Waals surface area contributed by atoms with Crippen molar-refractivity contribution in [3.8, 4) is 5.75 Å². The van der Waals surface area contributed by atoms with Crippen molar-refractivity contribution in [3.63, 3.8) is 0 Å². The summed E-state index contributed by atoms with van der Waals surface area (Å²) in [5.41, 5.74) is 6.04. The second kappa shape index (κ2) is 9.75. The van der Waals surface area contributed by atoms with E-state index in [2.05, 4.69) is 52.4 Å². The van der Waals surface area contributed by atoms with Crippen LogP contribution in [0.15, 0.2) is 45.8 Å². The van der Waals surface area contributed by atoms with E-state index in [0.717, 1.165) is 24.3 Å². The predicted molar refractivity (Wildman–Crippen MR) is 118 cm³/mol. The number of carboxylic acids is 1. The third-order valence-corrected chi connectivity index (χ3v) is 6.24. The Bertz CT molecular complexity index is 858. The number of aryl methyl sites for hydroxylation is 2. The Morgan fingerprint density at radius 3 is 2.04 bits per heavy atom. The number of ether oxygens (including phenoxy) is 1. The van der Waals surface area contributed by atoms with Gasteiger partial charge in [0, 0.05) is 22.9 Å². The Kier molecular flexibility index (Phi) is 7.12. The molecule has 148 valence electrons. The Hall–Kier alpha value is -2.31. The van der Waals surface area contributed by atoms with E-state index in [1.165, 1.54) is 22.5 Å². The Labute approximate surface area is 174 Å². The molecule has 0 aliphatic rings. The third kappa shape index (κ3) is 5.14. The zero-order chi connectivity index (χ0) is 19.9. The van der Waals surface area contributed by atoms with E-state index >= 15 is 0 Å². The quantitative estimate of drug-likeness (QED) is 0.365. The fourth-order valence-electron chi connectivity index (χ4n) is 3.01. The SMILES string of the molecule is Cc1cscc1N(c1ccc(OCCCCCC(=O)O)cc1)c1cscc1C. The number of benzene rings is 1. The van der Waals surface area contributed by atoms with Gasteiger partial charge in [-0.1, -0.05) is 0 Å². The largest absolute Gasteiger partial charge is 0.494 e. The lowest BCUT2D eigenvalue weighted by Gasteiger charge is -2.25. The molecule has 6 heteroatoms. The molecule has 0 aliphatic carbocycles. The van der Waals surface area contributed by atoms with Gasteiger partial charge in [0.05, 0.1) is 18.0 Å². The van der Waals surface area contributed by atoms with E-state index in [9.17, 15) is 4.79 Å². The summed E-state index contributed by atoms with van der Waals surface area (Å²) in [7, 11) is 0. The third-order valence-electron chi connectivity index (χ3n) is 4.54. The van der Waals surface area contributed by atoms with Gasteiger partial charge in [0.2, 0.25) is 0 Å². The minimum Gasteiger partial charge on any atom is -0.494 e. The van der Waals surface area contributed by atoms with Crippen LogP contribution < -0.4 is 9.64 Å². The number of anilines is 3. The van der Waals surface area contributed by atoms with Crippen LogP contribution in [0, 0.1) is 13.8 Å². The van der Waals surface area contributed by atoms with Crippen LogP contribution in [0.5, 0.6) is 5.75 Å². The summed E-state index contributed by atoms with van der Waals surface area (Å²) in [6.45, 7) is 4.89. The number of carbonyl (C=O) groups is 1. The first-order valence-corrected chi connectivity index (χ1v) is 11.2. The van der Waals surface area contributed by atoms with E-state index < -0.39 is 5.97 Å². The zero-order valence-electron chi connectivity index (χ0n) is 16.2. The molecule has 0 fully saturated rings. The fraction of sp³-hybridized carbons (Fsp3) is 0.318. The number of carboxylic acid groups (broad SMARTS) is 1. The van der Waals surface area contributed by atoms with Crippen molar-refractivity contribution in [3.05, 3.63) is 56.9 Å². The molecule has 4 nitrogen and oxygen atoms in total. The maximum atomic E-state index is 10.5. The van der Waals surface area contributed by atoms with E-state index in [4.69, 9.17) is 9.84 Å². The number of hydrogen-bond acceptors (Lipinski definition) is 5. The minimum absolute atomic E-state index is 0.231. The molecule has 2 heterocycles. The molecule has 3 rings (SSSR count). The molecule has 28 heavy (non-hydrogen) atoms. The Morgan fingerprint density at radius 1 is 0.929 bits per heavy atom. The van der Waals surface area contributed by atoms with Gasteiger partial charge >= 0.3 is 5.97 Å². The molecule has 1 aromatic carbocycles.